The lowest BCUT2D eigenvalue weighted by Gasteiger charge is -2.26. The lowest BCUT2D eigenvalue weighted by Crippen LogP contribution is -2.18. The molecule has 2 nitrogen and oxygen atoms in total. The Labute approximate surface area is 107 Å². The number of carbonyl (C=O) groups is 1. The van der Waals surface area contributed by atoms with Crippen LogP contribution in [0.3, 0.4) is 0 Å². The molecule has 0 atom stereocenters. The fourth-order valence-corrected chi connectivity index (χ4v) is 3.24. The third kappa shape index (κ3) is 1.96. The van der Waals surface area contributed by atoms with Crippen molar-refractivity contribution < 1.29 is 4.79 Å². The van der Waals surface area contributed by atoms with Gasteiger partial charge in [-0.1, -0.05) is 18.2 Å². The zero-order valence-electron chi connectivity index (χ0n) is 10.8. The van der Waals surface area contributed by atoms with E-state index in [4.69, 9.17) is 0 Å². The van der Waals surface area contributed by atoms with E-state index in [1.165, 1.54) is 16.5 Å². The number of aromatic amines is 1. The van der Waals surface area contributed by atoms with Crippen LogP contribution in [-0.2, 0) is 4.79 Å². The minimum absolute atomic E-state index is 0.312. The Morgan fingerprint density at radius 1 is 1.17 bits per heavy atom. The van der Waals surface area contributed by atoms with Crippen LogP contribution in [-0.4, -0.2) is 10.8 Å². The number of nitrogens with one attached hydrogen (secondary N) is 1. The number of Topliss-reactive ketones (excluding diaryl/α,β-unsaturated/α-hetero) is 1. The summed E-state index contributed by atoms with van der Waals surface area (Å²) in [5, 5.41) is 1.35. The maximum Gasteiger partial charge on any atom is 0.132 e. The summed E-state index contributed by atoms with van der Waals surface area (Å²) < 4.78 is 0. The average molecular weight is 241 g/mol. The molecule has 1 N–H and O–H groups in total. The van der Waals surface area contributed by atoms with Gasteiger partial charge in [-0.05, 0) is 50.2 Å². The summed E-state index contributed by atoms with van der Waals surface area (Å²) >= 11 is 0. The smallest absolute Gasteiger partial charge is 0.132 e. The summed E-state index contributed by atoms with van der Waals surface area (Å²) in [7, 11) is 0. The van der Waals surface area contributed by atoms with Crippen molar-refractivity contribution in [3.05, 3.63) is 36.0 Å². The summed E-state index contributed by atoms with van der Waals surface area (Å²) in [6.45, 7) is 1.73. The summed E-state index contributed by atoms with van der Waals surface area (Å²) in [6.07, 6.45) is 6.56. The van der Waals surface area contributed by atoms with E-state index in [0.29, 0.717) is 17.6 Å². The standard InChI is InChI=1S/C16H19NO/c1-11(18)12-6-8-13(9-7-12)15-10-17-16-5-3-2-4-14(15)16/h2-5,10,12-13,17H,6-9H2,1H3. The minimum Gasteiger partial charge on any atom is -0.361 e. The molecule has 0 bridgehead atoms. The van der Waals surface area contributed by atoms with Gasteiger partial charge in [-0.15, -0.1) is 0 Å². The Morgan fingerprint density at radius 3 is 2.61 bits per heavy atom. The van der Waals surface area contributed by atoms with E-state index in [0.717, 1.165) is 25.7 Å². The molecule has 0 radical (unpaired) electrons. The number of ketones is 1. The van der Waals surface area contributed by atoms with Crippen LogP contribution in [0.5, 0.6) is 0 Å². The van der Waals surface area contributed by atoms with Gasteiger partial charge in [0.05, 0.1) is 0 Å². The molecule has 94 valence electrons. The van der Waals surface area contributed by atoms with Gasteiger partial charge in [-0.2, -0.15) is 0 Å². The number of benzene rings is 1. The third-order valence-corrected chi connectivity index (χ3v) is 4.36. The Morgan fingerprint density at radius 2 is 1.89 bits per heavy atom. The van der Waals surface area contributed by atoms with Crippen LogP contribution < -0.4 is 0 Å². The minimum atomic E-state index is 0.312. The van der Waals surface area contributed by atoms with Crippen LogP contribution in [0.2, 0.25) is 0 Å². The second-order valence-electron chi connectivity index (χ2n) is 5.45. The highest BCUT2D eigenvalue weighted by atomic mass is 16.1. The molecule has 1 heterocycles. The normalized spacial score (nSPS) is 24.3. The van der Waals surface area contributed by atoms with Gasteiger partial charge < -0.3 is 4.98 Å². The highest BCUT2D eigenvalue weighted by Crippen LogP contribution is 2.38. The predicted molar refractivity (Wildman–Crippen MR) is 73.7 cm³/mol. The molecule has 0 spiro atoms. The number of rotatable bonds is 2. The fraction of sp³-hybridized carbons (Fsp3) is 0.438. The molecule has 1 aromatic heterocycles. The zero-order chi connectivity index (χ0) is 12.5. The predicted octanol–water partition coefficient (Wildman–Crippen LogP) is 4.03. The molecule has 1 aromatic carbocycles. The van der Waals surface area contributed by atoms with E-state index < -0.39 is 0 Å². The van der Waals surface area contributed by atoms with Crippen LogP contribution in [0.15, 0.2) is 30.5 Å². The molecule has 1 aliphatic carbocycles. The maximum atomic E-state index is 11.4. The van der Waals surface area contributed by atoms with Gasteiger partial charge >= 0.3 is 0 Å². The monoisotopic (exact) mass is 241 g/mol. The Balaban J connectivity index is 1.82. The van der Waals surface area contributed by atoms with Gasteiger partial charge in [-0.3, -0.25) is 4.79 Å². The van der Waals surface area contributed by atoms with Crippen LogP contribution in [0, 0.1) is 5.92 Å². The van der Waals surface area contributed by atoms with E-state index in [2.05, 4.69) is 35.4 Å². The van der Waals surface area contributed by atoms with E-state index >= 15 is 0 Å². The van der Waals surface area contributed by atoms with Crippen molar-refractivity contribution in [2.45, 2.75) is 38.5 Å². The first kappa shape index (κ1) is 11.5. The van der Waals surface area contributed by atoms with Crippen molar-refractivity contribution in [1.82, 2.24) is 4.98 Å². The molecule has 0 amide bonds. The highest BCUT2D eigenvalue weighted by Gasteiger charge is 2.26. The van der Waals surface area contributed by atoms with Crippen LogP contribution in [0.25, 0.3) is 10.9 Å². The number of hydrogen-bond donors (Lipinski definition) is 1. The number of fused-ring (bicyclic) bond motifs is 1. The molecule has 18 heavy (non-hydrogen) atoms. The van der Waals surface area contributed by atoms with Gasteiger partial charge in [0, 0.05) is 23.0 Å². The van der Waals surface area contributed by atoms with Gasteiger partial charge in [0.2, 0.25) is 0 Å². The number of aromatic nitrogens is 1. The first-order valence-electron chi connectivity index (χ1n) is 6.82. The van der Waals surface area contributed by atoms with Gasteiger partial charge in [-0.25, -0.2) is 0 Å². The van der Waals surface area contributed by atoms with Crippen molar-refractivity contribution in [2.75, 3.05) is 0 Å². The van der Waals surface area contributed by atoms with Crippen molar-refractivity contribution in [1.29, 1.82) is 0 Å². The molecule has 3 rings (SSSR count). The third-order valence-electron chi connectivity index (χ3n) is 4.36. The molecule has 1 aliphatic rings. The van der Waals surface area contributed by atoms with E-state index in [1.807, 2.05) is 0 Å². The van der Waals surface area contributed by atoms with Gasteiger partial charge in [0.25, 0.3) is 0 Å². The maximum absolute atomic E-state index is 11.4. The molecular formula is C16H19NO. The molecule has 1 fully saturated rings. The van der Waals surface area contributed by atoms with Gasteiger partial charge in [0.15, 0.2) is 0 Å². The van der Waals surface area contributed by atoms with Crippen LogP contribution >= 0.6 is 0 Å². The van der Waals surface area contributed by atoms with Crippen molar-refractivity contribution >= 4 is 16.7 Å². The summed E-state index contributed by atoms with van der Waals surface area (Å²) in [4.78, 5) is 14.8. The topological polar surface area (TPSA) is 32.9 Å². The largest absolute Gasteiger partial charge is 0.361 e. The van der Waals surface area contributed by atoms with Crippen molar-refractivity contribution in [3.8, 4) is 0 Å². The fourth-order valence-electron chi connectivity index (χ4n) is 3.24. The Kier molecular flexibility index (Phi) is 2.94. The van der Waals surface area contributed by atoms with Crippen molar-refractivity contribution in [3.63, 3.8) is 0 Å². The molecule has 0 saturated heterocycles. The quantitative estimate of drug-likeness (QED) is 0.846. The summed E-state index contributed by atoms with van der Waals surface area (Å²) in [5.74, 6) is 1.30. The SMILES string of the molecule is CC(=O)C1CCC(c2c[nH]c3ccccc23)CC1. The van der Waals surface area contributed by atoms with Crippen LogP contribution in [0.4, 0.5) is 0 Å². The molecule has 2 heteroatoms. The lowest BCUT2D eigenvalue weighted by molar-refractivity contribution is -0.121. The van der Waals surface area contributed by atoms with Crippen LogP contribution in [0.1, 0.15) is 44.1 Å². The number of para-hydroxylation sites is 1. The Hall–Kier alpha value is -1.57. The lowest BCUT2D eigenvalue weighted by atomic mass is 9.77. The van der Waals surface area contributed by atoms with E-state index in [1.54, 1.807) is 6.92 Å². The first-order valence-corrected chi connectivity index (χ1v) is 6.82. The van der Waals surface area contributed by atoms with Crippen molar-refractivity contribution in [2.24, 2.45) is 5.92 Å². The zero-order valence-corrected chi connectivity index (χ0v) is 10.8. The second-order valence-corrected chi connectivity index (χ2v) is 5.45. The number of hydrogen-bond acceptors (Lipinski definition) is 1. The Bertz CT molecular complexity index is 561. The van der Waals surface area contributed by atoms with E-state index in [9.17, 15) is 4.79 Å². The average Bonchev–Trinajstić information content (AvgIpc) is 2.82. The first-order chi connectivity index (χ1) is 8.75. The van der Waals surface area contributed by atoms with E-state index in [-0.39, 0.29) is 0 Å². The molecule has 1 saturated carbocycles. The van der Waals surface area contributed by atoms with Gasteiger partial charge in [0.1, 0.15) is 5.78 Å². The second kappa shape index (κ2) is 4.60. The number of carbonyl (C=O) groups excluding carboxylic acids is 1. The number of H-pyrrole nitrogens is 1. The molecule has 0 aliphatic heterocycles. The highest BCUT2D eigenvalue weighted by molar-refractivity contribution is 5.83. The summed E-state index contributed by atoms with van der Waals surface area (Å²) in [6, 6.07) is 8.48. The molecule has 0 unspecified atom stereocenters. The molecule has 2 aromatic rings. The summed E-state index contributed by atoms with van der Waals surface area (Å²) in [5.41, 5.74) is 2.66. The molecular weight excluding hydrogens is 222 g/mol.